The summed E-state index contributed by atoms with van der Waals surface area (Å²) < 4.78 is 10.7. The fourth-order valence-electron chi connectivity index (χ4n) is 2.34. The van der Waals surface area contributed by atoms with Gasteiger partial charge in [-0.2, -0.15) is 0 Å². The summed E-state index contributed by atoms with van der Waals surface area (Å²) in [7, 11) is 7.42. The van der Waals surface area contributed by atoms with Gasteiger partial charge in [-0.25, -0.2) is 9.97 Å². The second-order valence-electron chi connectivity index (χ2n) is 5.36. The van der Waals surface area contributed by atoms with Gasteiger partial charge in [-0.05, 0) is 45.6 Å². The Morgan fingerprint density at radius 2 is 1.91 bits per heavy atom. The van der Waals surface area contributed by atoms with E-state index in [0.29, 0.717) is 11.5 Å². The highest BCUT2D eigenvalue weighted by molar-refractivity contribution is 5.94. The molecule has 0 aliphatic rings. The standard InChI is InChI=1S/C16H24N4O2/c1-20(2)10-6-5-9-17-16-12-7-8-13(21-3)15(22-4)14(12)18-11-19-16/h7-8,11H,5-6,9-10H2,1-4H3,(H,17,18,19). The lowest BCUT2D eigenvalue weighted by Crippen LogP contribution is -2.14. The van der Waals surface area contributed by atoms with Crippen molar-refractivity contribution in [1.29, 1.82) is 0 Å². The van der Waals surface area contributed by atoms with Crippen LogP contribution in [0.5, 0.6) is 11.5 Å². The minimum Gasteiger partial charge on any atom is -0.493 e. The SMILES string of the molecule is COc1ccc2c(NCCCCN(C)C)ncnc2c1OC. The number of unbranched alkanes of at least 4 members (excludes halogenated alkanes) is 1. The second-order valence-corrected chi connectivity index (χ2v) is 5.36. The Morgan fingerprint density at radius 3 is 2.59 bits per heavy atom. The number of hydrogen-bond donors (Lipinski definition) is 1. The number of nitrogens with zero attached hydrogens (tertiary/aromatic N) is 3. The van der Waals surface area contributed by atoms with Crippen molar-refractivity contribution in [2.75, 3.05) is 46.7 Å². The van der Waals surface area contributed by atoms with Gasteiger partial charge in [0, 0.05) is 11.9 Å². The van der Waals surface area contributed by atoms with E-state index in [1.807, 2.05) is 12.1 Å². The van der Waals surface area contributed by atoms with Crippen molar-refractivity contribution in [3.63, 3.8) is 0 Å². The molecule has 0 unspecified atom stereocenters. The molecular weight excluding hydrogens is 280 g/mol. The highest BCUT2D eigenvalue weighted by Crippen LogP contribution is 2.35. The second kappa shape index (κ2) is 7.79. The Balaban J connectivity index is 2.14. The van der Waals surface area contributed by atoms with Crippen LogP contribution in [0, 0.1) is 0 Å². The van der Waals surface area contributed by atoms with E-state index in [-0.39, 0.29) is 0 Å². The molecule has 0 radical (unpaired) electrons. The van der Waals surface area contributed by atoms with Crippen LogP contribution in [0.1, 0.15) is 12.8 Å². The smallest absolute Gasteiger partial charge is 0.187 e. The molecule has 0 aliphatic carbocycles. The first-order valence-corrected chi connectivity index (χ1v) is 7.41. The molecule has 0 saturated carbocycles. The van der Waals surface area contributed by atoms with Gasteiger partial charge in [-0.3, -0.25) is 0 Å². The highest BCUT2D eigenvalue weighted by Gasteiger charge is 2.13. The number of fused-ring (bicyclic) bond motifs is 1. The average molecular weight is 304 g/mol. The van der Waals surface area contributed by atoms with Crippen molar-refractivity contribution < 1.29 is 9.47 Å². The summed E-state index contributed by atoms with van der Waals surface area (Å²) in [4.78, 5) is 10.9. The number of benzene rings is 1. The number of hydrogen-bond acceptors (Lipinski definition) is 6. The van der Waals surface area contributed by atoms with Gasteiger partial charge in [0.15, 0.2) is 11.5 Å². The number of rotatable bonds is 8. The number of anilines is 1. The molecular formula is C16H24N4O2. The summed E-state index contributed by atoms with van der Waals surface area (Å²) in [6.45, 7) is 1.98. The lowest BCUT2D eigenvalue weighted by atomic mass is 10.2. The van der Waals surface area contributed by atoms with Gasteiger partial charge in [-0.15, -0.1) is 0 Å². The van der Waals surface area contributed by atoms with E-state index in [1.165, 1.54) is 0 Å². The van der Waals surface area contributed by atoms with Gasteiger partial charge in [0.1, 0.15) is 17.7 Å². The van der Waals surface area contributed by atoms with E-state index < -0.39 is 0 Å². The van der Waals surface area contributed by atoms with E-state index >= 15 is 0 Å². The van der Waals surface area contributed by atoms with Crippen LogP contribution in [0.15, 0.2) is 18.5 Å². The van der Waals surface area contributed by atoms with Gasteiger partial charge in [-0.1, -0.05) is 0 Å². The van der Waals surface area contributed by atoms with Crippen LogP contribution in [-0.4, -0.2) is 56.3 Å². The van der Waals surface area contributed by atoms with Crippen LogP contribution >= 0.6 is 0 Å². The first-order valence-electron chi connectivity index (χ1n) is 7.41. The third-order valence-electron chi connectivity index (χ3n) is 3.47. The zero-order chi connectivity index (χ0) is 15.9. The molecule has 120 valence electrons. The number of nitrogens with one attached hydrogen (secondary N) is 1. The van der Waals surface area contributed by atoms with Crippen molar-refractivity contribution in [2.24, 2.45) is 0 Å². The highest BCUT2D eigenvalue weighted by atomic mass is 16.5. The Kier molecular flexibility index (Phi) is 5.77. The molecule has 0 spiro atoms. The summed E-state index contributed by atoms with van der Waals surface area (Å²) in [5, 5.41) is 4.32. The maximum absolute atomic E-state index is 5.43. The fourth-order valence-corrected chi connectivity index (χ4v) is 2.34. The van der Waals surface area contributed by atoms with Crippen LogP contribution < -0.4 is 14.8 Å². The number of methoxy groups -OCH3 is 2. The molecule has 1 heterocycles. The summed E-state index contributed by atoms with van der Waals surface area (Å²) in [5.41, 5.74) is 0.757. The normalized spacial score (nSPS) is 11.0. The number of aromatic nitrogens is 2. The predicted molar refractivity (Wildman–Crippen MR) is 88.9 cm³/mol. The molecule has 1 aromatic carbocycles. The summed E-state index contributed by atoms with van der Waals surface area (Å²) in [6, 6.07) is 3.83. The van der Waals surface area contributed by atoms with E-state index in [1.54, 1.807) is 20.5 Å². The minimum atomic E-state index is 0.637. The molecule has 0 amide bonds. The fraction of sp³-hybridized carbons (Fsp3) is 0.500. The molecule has 2 rings (SSSR count). The van der Waals surface area contributed by atoms with Crippen LogP contribution in [-0.2, 0) is 0 Å². The summed E-state index contributed by atoms with van der Waals surface area (Å²) in [5.74, 6) is 2.14. The van der Waals surface area contributed by atoms with Crippen molar-refractivity contribution in [3.8, 4) is 11.5 Å². The summed E-state index contributed by atoms with van der Waals surface area (Å²) >= 11 is 0. The van der Waals surface area contributed by atoms with E-state index in [2.05, 4.69) is 34.3 Å². The molecule has 1 aromatic heterocycles. The Bertz CT molecular complexity index is 616. The minimum absolute atomic E-state index is 0.637. The van der Waals surface area contributed by atoms with Crippen LogP contribution in [0.25, 0.3) is 10.9 Å². The van der Waals surface area contributed by atoms with Gasteiger partial charge in [0.05, 0.1) is 14.2 Å². The number of ether oxygens (including phenoxy) is 2. The van der Waals surface area contributed by atoms with E-state index in [4.69, 9.17) is 9.47 Å². The van der Waals surface area contributed by atoms with Crippen molar-refractivity contribution in [3.05, 3.63) is 18.5 Å². The molecule has 6 heteroatoms. The monoisotopic (exact) mass is 304 g/mol. The Labute approximate surface area is 131 Å². The molecule has 0 aliphatic heterocycles. The average Bonchev–Trinajstić information content (AvgIpc) is 2.53. The molecule has 2 aromatic rings. The van der Waals surface area contributed by atoms with Crippen LogP contribution in [0.4, 0.5) is 5.82 Å². The molecule has 6 nitrogen and oxygen atoms in total. The zero-order valence-corrected chi connectivity index (χ0v) is 13.7. The van der Waals surface area contributed by atoms with E-state index in [0.717, 1.165) is 42.7 Å². The molecule has 0 fully saturated rings. The summed E-state index contributed by atoms with van der Waals surface area (Å²) in [6.07, 6.45) is 3.80. The van der Waals surface area contributed by atoms with Crippen LogP contribution in [0.3, 0.4) is 0 Å². The molecule has 0 atom stereocenters. The largest absolute Gasteiger partial charge is 0.493 e. The lowest BCUT2D eigenvalue weighted by molar-refractivity contribution is 0.358. The molecule has 0 saturated heterocycles. The third-order valence-corrected chi connectivity index (χ3v) is 3.47. The molecule has 22 heavy (non-hydrogen) atoms. The third kappa shape index (κ3) is 3.76. The van der Waals surface area contributed by atoms with Crippen molar-refractivity contribution >= 4 is 16.7 Å². The van der Waals surface area contributed by atoms with Crippen molar-refractivity contribution in [2.45, 2.75) is 12.8 Å². The maximum atomic E-state index is 5.43. The maximum Gasteiger partial charge on any atom is 0.187 e. The van der Waals surface area contributed by atoms with Gasteiger partial charge in [0.25, 0.3) is 0 Å². The first kappa shape index (κ1) is 16.3. The first-order chi connectivity index (χ1) is 10.7. The Hall–Kier alpha value is -2.08. The molecule has 1 N–H and O–H groups in total. The predicted octanol–water partition coefficient (Wildman–Crippen LogP) is 2.40. The quantitative estimate of drug-likeness (QED) is 0.756. The topological polar surface area (TPSA) is 59.5 Å². The van der Waals surface area contributed by atoms with Gasteiger partial charge in [0.2, 0.25) is 0 Å². The Morgan fingerprint density at radius 1 is 1.09 bits per heavy atom. The van der Waals surface area contributed by atoms with Gasteiger partial charge < -0.3 is 19.7 Å². The zero-order valence-electron chi connectivity index (χ0n) is 13.7. The van der Waals surface area contributed by atoms with Crippen LogP contribution in [0.2, 0.25) is 0 Å². The lowest BCUT2D eigenvalue weighted by Gasteiger charge is -2.13. The molecule has 0 bridgehead atoms. The van der Waals surface area contributed by atoms with E-state index in [9.17, 15) is 0 Å². The van der Waals surface area contributed by atoms with Crippen molar-refractivity contribution in [1.82, 2.24) is 14.9 Å². The van der Waals surface area contributed by atoms with Gasteiger partial charge >= 0.3 is 0 Å².